The molecule has 1 fully saturated rings. The van der Waals surface area contributed by atoms with Gasteiger partial charge in [0.2, 0.25) is 0 Å². The molecule has 0 saturated carbocycles. The number of hydrogen-bond acceptors (Lipinski definition) is 4. The Bertz CT molecular complexity index is 1080. The minimum Gasteiger partial charge on any atom is -0.444 e. The first-order valence-electron chi connectivity index (χ1n) is 10.6. The fraction of sp³-hybridized carbons (Fsp3) is 0.320. The van der Waals surface area contributed by atoms with Gasteiger partial charge in [0.15, 0.2) is 0 Å². The van der Waals surface area contributed by atoms with Crippen LogP contribution < -0.4 is 4.90 Å². The lowest BCUT2D eigenvalue weighted by atomic mass is 10.1. The summed E-state index contributed by atoms with van der Waals surface area (Å²) in [4.78, 5) is 16.7. The Morgan fingerprint density at radius 1 is 1.12 bits per heavy atom. The minimum atomic E-state index is -0.587. The maximum atomic E-state index is 13.9. The van der Waals surface area contributed by atoms with Crippen molar-refractivity contribution in [2.24, 2.45) is 0 Å². The molecule has 1 atom stereocenters. The summed E-state index contributed by atoms with van der Waals surface area (Å²) in [5.41, 5.74) is 3.31. The molecule has 3 aromatic rings. The van der Waals surface area contributed by atoms with Crippen molar-refractivity contribution in [3.63, 3.8) is 0 Å². The molecule has 7 heteroatoms. The largest absolute Gasteiger partial charge is 0.444 e. The van der Waals surface area contributed by atoms with E-state index in [0.717, 1.165) is 35.3 Å². The lowest BCUT2D eigenvalue weighted by Gasteiger charge is -2.37. The molecule has 2 heterocycles. The third kappa shape index (κ3) is 4.92. The van der Waals surface area contributed by atoms with E-state index in [-0.39, 0.29) is 17.3 Å². The van der Waals surface area contributed by atoms with E-state index in [1.165, 1.54) is 6.07 Å². The van der Waals surface area contributed by atoms with Crippen molar-refractivity contribution >= 4 is 40.4 Å². The van der Waals surface area contributed by atoms with E-state index < -0.39 is 11.4 Å². The highest BCUT2D eigenvalue weighted by atomic mass is 35.5. The maximum Gasteiger partial charge on any atom is 0.411 e. The molecule has 0 spiro atoms. The molecule has 32 heavy (non-hydrogen) atoms. The summed E-state index contributed by atoms with van der Waals surface area (Å²) in [6, 6.07) is 14.9. The highest BCUT2D eigenvalue weighted by Gasteiger charge is 2.37. The van der Waals surface area contributed by atoms with Gasteiger partial charge in [-0.1, -0.05) is 23.7 Å². The van der Waals surface area contributed by atoms with Gasteiger partial charge in [0.05, 0.1) is 5.02 Å². The second-order valence-electron chi connectivity index (χ2n) is 8.82. The Hall–Kier alpha value is -2.57. The molecule has 0 N–H and O–H groups in total. The normalized spacial score (nSPS) is 16.3. The van der Waals surface area contributed by atoms with Gasteiger partial charge < -0.3 is 9.64 Å². The fourth-order valence-corrected chi connectivity index (χ4v) is 4.76. The molecule has 0 bridgehead atoms. The Morgan fingerprint density at radius 3 is 2.47 bits per heavy atom. The topological polar surface area (TPSA) is 32.8 Å². The average molecular weight is 473 g/mol. The number of amides is 1. The Labute approximate surface area is 197 Å². The van der Waals surface area contributed by atoms with Crippen LogP contribution in [0.15, 0.2) is 59.3 Å². The van der Waals surface area contributed by atoms with Crippen LogP contribution in [0.4, 0.5) is 20.6 Å². The number of carbonyl (C=O) groups excluding carboxylic acids is 1. The number of carbonyl (C=O) groups is 1. The predicted molar refractivity (Wildman–Crippen MR) is 129 cm³/mol. The number of ether oxygens (including phenoxy) is 1. The van der Waals surface area contributed by atoms with E-state index >= 15 is 0 Å². The van der Waals surface area contributed by atoms with Gasteiger partial charge in [-0.25, -0.2) is 9.18 Å². The first-order chi connectivity index (χ1) is 15.2. The van der Waals surface area contributed by atoms with E-state index in [1.54, 1.807) is 28.4 Å². The van der Waals surface area contributed by atoms with Gasteiger partial charge in [-0.2, -0.15) is 11.3 Å². The van der Waals surface area contributed by atoms with Crippen LogP contribution in [-0.4, -0.2) is 29.3 Å². The van der Waals surface area contributed by atoms with Crippen LogP contribution in [0.3, 0.4) is 0 Å². The van der Waals surface area contributed by atoms with Crippen molar-refractivity contribution in [3.05, 3.63) is 70.1 Å². The molecule has 1 aliphatic heterocycles. The van der Waals surface area contributed by atoms with E-state index in [0.29, 0.717) is 6.54 Å². The summed E-state index contributed by atoms with van der Waals surface area (Å²) in [6.45, 7) is 6.17. The molecule has 1 aromatic heterocycles. The fourth-order valence-electron chi connectivity index (χ4n) is 3.92. The van der Waals surface area contributed by atoms with Crippen LogP contribution >= 0.6 is 22.9 Å². The summed E-state index contributed by atoms with van der Waals surface area (Å²) in [5, 5.41) is 4.20. The zero-order chi connectivity index (χ0) is 22.9. The van der Waals surface area contributed by atoms with Crippen molar-refractivity contribution in [1.29, 1.82) is 0 Å². The average Bonchev–Trinajstić information content (AvgIpc) is 3.43. The summed E-state index contributed by atoms with van der Waals surface area (Å²) in [7, 11) is 0. The quantitative estimate of drug-likeness (QED) is 0.390. The van der Waals surface area contributed by atoms with Gasteiger partial charge >= 0.3 is 6.09 Å². The highest BCUT2D eigenvalue weighted by Crippen LogP contribution is 2.37. The van der Waals surface area contributed by atoms with Crippen LogP contribution in [0.25, 0.3) is 11.1 Å². The number of hydrogen-bond donors (Lipinski definition) is 0. The van der Waals surface area contributed by atoms with Gasteiger partial charge in [0.25, 0.3) is 0 Å². The standard InChI is InChI=1S/C25H26ClFN2O2S/c1-25(2,3)31-24(30)28-13-4-5-23(28)29(20-10-11-22(27)21(26)15-20)19-8-6-17(7-9-19)18-12-14-32-16-18/h6-12,14-16,23H,4-5,13H2,1-3H3. The van der Waals surface area contributed by atoms with E-state index in [2.05, 4.69) is 23.6 Å². The molecule has 4 rings (SSSR count). The predicted octanol–water partition coefficient (Wildman–Crippen LogP) is 7.70. The molecule has 4 nitrogen and oxygen atoms in total. The monoisotopic (exact) mass is 472 g/mol. The molecule has 2 aromatic carbocycles. The summed E-state index contributed by atoms with van der Waals surface area (Å²) < 4.78 is 19.6. The molecular formula is C25H26ClFN2O2S. The summed E-state index contributed by atoms with van der Waals surface area (Å²) in [6.07, 6.45) is 0.995. The SMILES string of the molecule is CC(C)(C)OC(=O)N1CCCC1N(c1ccc(-c2ccsc2)cc1)c1ccc(F)c(Cl)c1. The van der Waals surface area contributed by atoms with Crippen LogP contribution in [0.2, 0.25) is 5.02 Å². The smallest absolute Gasteiger partial charge is 0.411 e. The van der Waals surface area contributed by atoms with Crippen molar-refractivity contribution < 1.29 is 13.9 Å². The first-order valence-corrected chi connectivity index (χ1v) is 11.9. The molecule has 0 radical (unpaired) electrons. The van der Waals surface area contributed by atoms with E-state index in [9.17, 15) is 9.18 Å². The number of rotatable bonds is 4. The number of benzene rings is 2. The Kier molecular flexibility index (Phi) is 6.45. The Balaban J connectivity index is 1.72. The molecule has 1 aliphatic rings. The molecule has 168 valence electrons. The number of thiophene rings is 1. The van der Waals surface area contributed by atoms with Crippen LogP contribution in [0.5, 0.6) is 0 Å². The van der Waals surface area contributed by atoms with Crippen molar-refractivity contribution in [1.82, 2.24) is 4.90 Å². The summed E-state index contributed by atoms with van der Waals surface area (Å²) in [5.74, 6) is -0.474. The lowest BCUT2D eigenvalue weighted by molar-refractivity contribution is 0.0231. The van der Waals surface area contributed by atoms with Gasteiger partial charge in [0, 0.05) is 17.9 Å². The summed E-state index contributed by atoms with van der Waals surface area (Å²) >= 11 is 7.78. The van der Waals surface area contributed by atoms with Crippen LogP contribution in [0.1, 0.15) is 33.6 Å². The Morgan fingerprint density at radius 2 is 1.84 bits per heavy atom. The van der Waals surface area contributed by atoms with Crippen molar-refractivity contribution in [2.75, 3.05) is 11.4 Å². The second-order valence-corrected chi connectivity index (χ2v) is 10.0. The third-order valence-electron chi connectivity index (χ3n) is 5.33. The van der Waals surface area contributed by atoms with Crippen LogP contribution in [0, 0.1) is 5.82 Å². The van der Waals surface area contributed by atoms with Gasteiger partial charge in [0.1, 0.15) is 17.6 Å². The first kappa shape index (κ1) is 22.6. The molecule has 1 unspecified atom stereocenters. The van der Waals surface area contributed by atoms with Crippen LogP contribution in [-0.2, 0) is 4.74 Å². The van der Waals surface area contributed by atoms with Gasteiger partial charge in [-0.15, -0.1) is 0 Å². The van der Waals surface area contributed by atoms with Gasteiger partial charge in [-0.3, -0.25) is 4.90 Å². The molecular weight excluding hydrogens is 447 g/mol. The zero-order valence-corrected chi connectivity index (χ0v) is 19.9. The van der Waals surface area contributed by atoms with E-state index in [1.807, 2.05) is 43.2 Å². The van der Waals surface area contributed by atoms with Gasteiger partial charge in [-0.05, 0) is 91.9 Å². The molecule has 0 aliphatic carbocycles. The number of likely N-dealkylation sites (tertiary alicyclic amines) is 1. The number of anilines is 2. The molecule has 1 amide bonds. The highest BCUT2D eigenvalue weighted by molar-refractivity contribution is 7.08. The van der Waals surface area contributed by atoms with E-state index in [4.69, 9.17) is 16.3 Å². The second kappa shape index (κ2) is 9.12. The minimum absolute atomic E-state index is 0.0456. The number of halogens is 2. The maximum absolute atomic E-state index is 13.9. The zero-order valence-electron chi connectivity index (χ0n) is 18.3. The third-order valence-corrected chi connectivity index (χ3v) is 6.30. The van der Waals surface area contributed by atoms with Crippen molar-refractivity contribution in [3.8, 4) is 11.1 Å². The molecule has 1 saturated heterocycles. The number of nitrogens with zero attached hydrogens (tertiary/aromatic N) is 2. The lowest BCUT2D eigenvalue weighted by Crippen LogP contribution is -2.47. The van der Waals surface area contributed by atoms with Crippen molar-refractivity contribution in [2.45, 2.75) is 45.4 Å².